The SMILES string of the molecule is CC(CC(F)(F)F)(C(F)(F)F)C(F)(F)F. The molecule has 0 rings (SSSR count). The van der Waals surface area contributed by atoms with Crippen LogP contribution in [0.4, 0.5) is 39.5 Å². The summed E-state index contributed by atoms with van der Waals surface area (Å²) in [5.74, 6) is 0. The van der Waals surface area contributed by atoms with Crippen LogP contribution in [0, 0.1) is 5.41 Å². The summed E-state index contributed by atoms with van der Waals surface area (Å²) in [6, 6.07) is 0. The molecule has 0 N–H and O–H groups in total. The van der Waals surface area contributed by atoms with E-state index < -0.39 is 37.3 Å². The van der Waals surface area contributed by atoms with Crippen LogP contribution in [-0.4, -0.2) is 18.5 Å². The summed E-state index contributed by atoms with van der Waals surface area (Å²) < 4.78 is 106. The normalized spacial score (nSPS) is 15.6. The molecular weight excluding hydrogens is 243 g/mol. The minimum Gasteiger partial charge on any atom is -0.171 e. The number of hydrogen-bond acceptors (Lipinski definition) is 0. The molecule has 0 saturated carbocycles. The van der Waals surface area contributed by atoms with Gasteiger partial charge in [0.2, 0.25) is 0 Å². The molecule has 92 valence electrons. The quantitative estimate of drug-likeness (QED) is 0.613. The fourth-order valence-corrected chi connectivity index (χ4v) is 0.762. The number of alkyl halides is 9. The second kappa shape index (κ2) is 3.44. The van der Waals surface area contributed by atoms with Crippen molar-refractivity contribution in [2.75, 3.05) is 0 Å². The maximum Gasteiger partial charge on any atom is 0.403 e. The van der Waals surface area contributed by atoms with Gasteiger partial charge in [-0.2, -0.15) is 39.5 Å². The van der Waals surface area contributed by atoms with E-state index in [-0.39, 0.29) is 0 Å². The Balaban J connectivity index is 5.26. The van der Waals surface area contributed by atoms with E-state index in [0.29, 0.717) is 0 Å². The van der Waals surface area contributed by atoms with Gasteiger partial charge in [0.25, 0.3) is 0 Å². The summed E-state index contributed by atoms with van der Waals surface area (Å²) in [6.45, 7) is -0.513. The van der Waals surface area contributed by atoms with E-state index in [9.17, 15) is 39.5 Å². The van der Waals surface area contributed by atoms with Crippen molar-refractivity contribution in [2.24, 2.45) is 5.41 Å². The predicted octanol–water partition coefficient (Wildman–Crippen LogP) is 4.07. The molecule has 0 amide bonds. The van der Waals surface area contributed by atoms with Crippen molar-refractivity contribution in [3.63, 3.8) is 0 Å². The lowest BCUT2D eigenvalue weighted by molar-refractivity contribution is -0.357. The number of rotatable bonds is 1. The van der Waals surface area contributed by atoms with Gasteiger partial charge in [-0.3, -0.25) is 0 Å². The van der Waals surface area contributed by atoms with Gasteiger partial charge in [-0.05, 0) is 6.92 Å². The molecule has 0 aromatic rings. The lowest BCUT2D eigenvalue weighted by atomic mass is 9.85. The minimum atomic E-state index is -6.00. The first-order chi connectivity index (χ1) is 6.21. The molecular formula is C6H5F9. The highest BCUT2D eigenvalue weighted by atomic mass is 19.4. The van der Waals surface area contributed by atoms with Crippen LogP contribution in [0.3, 0.4) is 0 Å². The molecule has 0 aliphatic rings. The summed E-state index contributed by atoms with van der Waals surface area (Å²) in [6.07, 6.45) is -20.5. The lowest BCUT2D eigenvalue weighted by Gasteiger charge is -2.34. The summed E-state index contributed by atoms with van der Waals surface area (Å²) in [7, 11) is 0. The molecule has 0 atom stereocenters. The Bertz CT molecular complexity index is 202. The van der Waals surface area contributed by atoms with Crippen molar-refractivity contribution in [1.82, 2.24) is 0 Å². The number of hydrogen-bond donors (Lipinski definition) is 0. The highest BCUT2D eigenvalue weighted by Gasteiger charge is 2.70. The third-order valence-corrected chi connectivity index (χ3v) is 1.81. The summed E-state index contributed by atoms with van der Waals surface area (Å²) in [4.78, 5) is 0. The predicted molar refractivity (Wildman–Crippen MR) is 30.9 cm³/mol. The van der Waals surface area contributed by atoms with Gasteiger partial charge in [-0.1, -0.05) is 0 Å². The molecule has 0 aromatic heterocycles. The first kappa shape index (κ1) is 14.4. The van der Waals surface area contributed by atoms with Crippen molar-refractivity contribution in [1.29, 1.82) is 0 Å². The van der Waals surface area contributed by atoms with Gasteiger partial charge in [-0.15, -0.1) is 0 Å². The molecule has 15 heavy (non-hydrogen) atoms. The van der Waals surface area contributed by atoms with Gasteiger partial charge < -0.3 is 0 Å². The monoisotopic (exact) mass is 248 g/mol. The lowest BCUT2D eigenvalue weighted by Crippen LogP contribution is -2.50. The zero-order valence-corrected chi connectivity index (χ0v) is 7.11. The molecule has 0 fully saturated rings. The maximum absolute atomic E-state index is 11.9. The smallest absolute Gasteiger partial charge is 0.171 e. The van der Waals surface area contributed by atoms with Gasteiger partial charge in [0.15, 0.2) is 5.41 Å². The van der Waals surface area contributed by atoms with Crippen LogP contribution in [0.1, 0.15) is 13.3 Å². The van der Waals surface area contributed by atoms with Crippen molar-refractivity contribution in [3.8, 4) is 0 Å². The van der Waals surface area contributed by atoms with Crippen LogP contribution in [-0.2, 0) is 0 Å². The maximum atomic E-state index is 11.9. The minimum absolute atomic E-state index is 0.513. The van der Waals surface area contributed by atoms with E-state index in [1.54, 1.807) is 0 Å². The zero-order chi connectivity index (χ0) is 12.7. The Morgan fingerprint density at radius 3 is 1.00 bits per heavy atom. The van der Waals surface area contributed by atoms with Crippen molar-refractivity contribution in [3.05, 3.63) is 0 Å². The van der Waals surface area contributed by atoms with Crippen LogP contribution in [0.5, 0.6) is 0 Å². The van der Waals surface area contributed by atoms with E-state index in [1.165, 1.54) is 0 Å². The Hall–Kier alpha value is -0.630. The van der Waals surface area contributed by atoms with Crippen LogP contribution < -0.4 is 0 Å². The molecule has 0 aliphatic heterocycles. The second-order valence-corrected chi connectivity index (χ2v) is 3.12. The first-order valence-corrected chi connectivity index (χ1v) is 3.41. The number of halogens is 9. The first-order valence-electron chi connectivity index (χ1n) is 3.41. The van der Waals surface area contributed by atoms with Crippen molar-refractivity contribution in [2.45, 2.75) is 31.9 Å². The highest BCUT2D eigenvalue weighted by Crippen LogP contribution is 2.55. The Kier molecular flexibility index (Phi) is 3.30. The Morgan fingerprint density at radius 1 is 0.667 bits per heavy atom. The van der Waals surface area contributed by atoms with E-state index in [0.717, 1.165) is 0 Å². The molecule has 0 nitrogen and oxygen atoms in total. The van der Waals surface area contributed by atoms with E-state index in [1.807, 2.05) is 0 Å². The summed E-state index contributed by atoms with van der Waals surface area (Å²) in [5, 5.41) is 0. The molecule has 0 aliphatic carbocycles. The van der Waals surface area contributed by atoms with Gasteiger partial charge >= 0.3 is 18.5 Å². The van der Waals surface area contributed by atoms with Gasteiger partial charge in [0.1, 0.15) is 0 Å². The molecule has 0 spiro atoms. The average molecular weight is 248 g/mol. The zero-order valence-electron chi connectivity index (χ0n) is 7.11. The standard InChI is InChI=1S/C6H5F9/c1-3(5(10,11)12,6(13,14)15)2-4(7,8)9/h2H2,1H3. The van der Waals surface area contributed by atoms with Crippen LogP contribution >= 0.6 is 0 Å². The largest absolute Gasteiger partial charge is 0.403 e. The summed E-state index contributed by atoms with van der Waals surface area (Å²) in [5.41, 5.74) is -4.77. The summed E-state index contributed by atoms with van der Waals surface area (Å²) >= 11 is 0. The molecule has 9 heteroatoms. The average Bonchev–Trinajstić information content (AvgIpc) is 1.77. The third kappa shape index (κ3) is 3.16. The molecule has 0 aromatic carbocycles. The van der Waals surface area contributed by atoms with Gasteiger partial charge in [0, 0.05) is 0 Å². The Morgan fingerprint density at radius 2 is 0.933 bits per heavy atom. The fraction of sp³-hybridized carbons (Fsp3) is 1.00. The molecule has 0 radical (unpaired) electrons. The van der Waals surface area contributed by atoms with E-state index in [4.69, 9.17) is 0 Å². The third-order valence-electron chi connectivity index (χ3n) is 1.81. The van der Waals surface area contributed by atoms with E-state index >= 15 is 0 Å². The fourth-order valence-electron chi connectivity index (χ4n) is 0.762. The Labute approximate surface area is 78.1 Å². The highest BCUT2D eigenvalue weighted by molar-refractivity contribution is 4.91. The van der Waals surface area contributed by atoms with Crippen molar-refractivity contribution < 1.29 is 39.5 Å². The van der Waals surface area contributed by atoms with Gasteiger partial charge in [-0.25, -0.2) is 0 Å². The molecule has 0 heterocycles. The van der Waals surface area contributed by atoms with E-state index in [2.05, 4.69) is 0 Å². The second-order valence-electron chi connectivity index (χ2n) is 3.12. The van der Waals surface area contributed by atoms with Crippen molar-refractivity contribution >= 4 is 0 Å². The van der Waals surface area contributed by atoms with Crippen LogP contribution in [0.2, 0.25) is 0 Å². The van der Waals surface area contributed by atoms with Crippen LogP contribution in [0.25, 0.3) is 0 Å². The van der Waals surface area contributed by atoms with Crippen LogP contribution in [0.15, 0.2) is 0 Å². The molecule has 0 bridgehead atoms. The topological polar surface area (TPSA) is 0 Å². The molecule has 0 saturated heterocycles. The molecule has 0 unspecified atom stereocenters. The van der Waals surface area contributed by atoms with Gasteiger partial charge in [0.05, 0.1) is 6.42 Å².